The number of rotatable bonds is 3. The van der Waals surface area contributed by atoms with Gasteiger partial charge in [0.05, 0.1) is 6.54 Å². The van der Waals surface area contributed by atoms with E-state index in [1.807, 2.05) is 12.1 Å². The fourth-order valence-electron chi connectivity index (χ4n) is 1.26. The Labute approximate surface area is 101 Å². The van der Waals surface area contributed by atoms with Crippen molar-refractivity contribution < 1.29 is 4.79 Å². The number of H-pyrrole nitrogens is 1. The number of nitrogens with one attached hydrogen (secondary N) is 2. The smallest absolute Gasteiger partial charge is 0.251 e. The summed E-state index contributed by atoms with van der Waals surface area (Å²) in [5, 5.41) is 2.77. The van der Waals surface area contributed by atoms with E-state index < -0.39 is 0 Å². The minimum absolute atomic E-state index is 0.107. The van der Waals surface area contributed by atoms with Crippen molar-refractivity contribution in [1.82, 2.24) is 15.3 Å². The Morgan fingerprint density at radius 1 is 1.38 bits per heavy atom. The van der Waals surface area contributed by atoms with Crippen molar-refractivity contribution in [2.24, 2.45) is 0 Å². The number of halogens is 1. The van der Waals surface area contributed by atoms with Crippen LogP contribution in [0.25, 0.3) is 0 Å². The van der Waals surface area contributed by atoms with E-state index in [2.05, 4.69) is 31.2 Å². The van der Waals surface area contributed by atoms with Gasteiger partial charge in [-0.1, -0.05) is 15.9 Å². The van der Waals surface area contributed by atoms with E-state index in [0.29, 0.717) is 12.1 Å². The molecule has 1 heterocycles. The van der Waals surface area contributed by atoms with Crippen LogP contribution in [0.15, 0.2) is 41.1 Å². The summed E-state index contributed by atoms with van der Waals surface area (Å²) in [5.41, 5.74) is 0.634. The van der Waals surface area contributed by atoms with Crippen LogP contribution in [0.4, 0.5) is 0 Å². The summed E-state index contributed by atoms with van der Waals surface area (Å²) in [7, 11) is 0. The molecule has 0 saturated carbocycles. The number of imidazole rings is 1. The first-order chi connectivity index (χ1) is 7.75. The molecular weight excluding hydrogens is 270 g/mol. The fourth-order valence-corrected chi connectivity index (χ4v) is 1.53. The Hall–Kier alpha value is -1.62. The van der Waals surface area contributed by atoms with Crippen molar-refractivity contribution in [3.05, 3.63) is 52.5 Å². The lowest BCUT2D eigenvalue weighted by molar-refractivity contribution is 0.0950. The van der Waals surface area contributed by atoms with Crippen LogP contribution in [0, 0.1) is 0 Å². The first-order valence-electron chi connectivity index (χ1n) is 4.78. The summed E-state index contributed by atoms with van der Waals surface area (Å²) in [5.74, 6) is 0.634. The summed E-state index contributed by atoms with van der Waals surface area (Å²) in [4.78, 5) is 18.6. The third kappa shape index (κ3) is 2.70. The number of aromatic amines is 1. The first kappa shape index (κ1) is 10.9. The molecule has 1 aromatic heterocycles. The highest BCUT2D eigenvalue weighted by molar-refractivity contribution is 9.10. The number of carbonyl (C=O) groups excluding carboxylic acids is 1. The molecular formula is C11H10BrN3O. The summed E-state index contributed by atoms with van der Waals surface area (Å²) < 4.78 is 0.954. The zero-order valence-corrected chi connectivity index (χ0v) is 9.99. The topological polar surface area (TPSA) is 57.8 Å². The Bertz CT molecular complexity index is 464. The molecule has 0 spiro atoms. The van der Waals surface area contributed by atoms with Gasteiger partial charge >= 0.3 is 0 Å². The van der Waals surface area contributed by atoms with Crippen LogP contribution in [0.3, 0.4) is 0 Å². The number of aromatic nitrogens is 2. The predicted octanol–water partition coefficient (Wildman–Crippen LogP) is 2.10. The molecule has 2 rings (SSSR count). The third-order valence-electron chi connectivity index (χ3n) is 2.08. The number of carbonyl (C=O) groups is 1. The molecule has 1 aromatic carbocycles. The van der Waals surface area contributed by atoms with Crippen molar-refractivity contribution in [3.8, 4) is 0 Å². The molecule has 1 amide bonds. The van der Waals surface area contributed by atoms with Crippen LogP contribution >= 0.6 is 15.9 Å². The van der Waals surface area contributed by atoms with Gasteiger partial charge in [0.25, 0.3) is 5.91 Å². The molecule has 0 atom stereocenters. The molecule has 0 aliphatic heterocycles. The Kier molecular flexibility index (Phi) is 3.36. The van der Waals surface area contributed by atoms with Crippen LogP contribution in [0.1, 0.15) is 16.2 Å². The van der Waals surface area contributed by atoms with E-state index in [4.69, 9.17) is 0 Å². The minimum Gasteiger partial charge on any atom is -0.347 e. The maximum absolute atomic E-state index is 11.7. The molecule has 0 bridgehead atoms. The van der Waals surface area contributed by atoms with Crippen LogP contribution < -0.4 is 5.32 Å². The van der Waals surface area contributed by atoms with E-state index in [1.54, 1.807) is 24.5 Å². The van der Waals surface area contributed by atoms with Crippen molar-refractivity contribution in [3.63, 3.8) is 0 Å². The Balaban J connectivity index is 1.95. The van der Waals surface area contributed by atoms with E-state index in [9.17, 15) is 4.79 Å². The van der Waals surface area contributed by atoms with E-state index >= 15 is 0 Å². The minimum atomic E-state index is -0.107. The van der Waals surface area contributed by atoms with Crippen LogP contribution in [-0.2, 0) is 6.54 Å². The van der Waals surface area contributed by atoms with Crippen molar-refractivity contribution in [2.75, 3.05) is 0 Å². The number of hydrogen-bond donors (Lipinski definition) is 2. The van der Waals surface area contributed by atoms with Crippen molar-refractivity contribution in [1.29, 1.82) is 0 Å². The fraction of sp³-hybridized carbons (Fsp3) is 0.0909. The quantitative estimate of drug-likeness (QED) is 0.904. The van der Waals surface area contributed by atoms with Gasteiger partial charge in [-0.3, -0.25) is 4.79 Å². The number of hydrogen-bond acceptors (Lipinski definition) is 2. The molecule has 0 aliphatic rings. The maximum Gasteiger partial charge on any atom is 0.251 e. The predicted molar refractivity (Wildman–Crippen MR) is 63.9 cm³/mol. The molecule has 0 radical (unpaired) electrons. The molecule has 82 valence electrons. The Morgan fingerprint density at radius 2 is 2.12 bits per heavy atom. The van der Waals surface area contributed by atoms with Gasteiger partial charge < -0.3 is 10.3 Å². The second-order valence-corrected chi connectivity index (χ2v) is 4.14. The second kappa shape index (κ2) is 4.94. The van der Waals surface area contributed by atoms with Crippen LogP contribution in [0.5, 0.6) is 0 Å². The normalized spacial score (nSPS) is 10.1. The van der Waals surface area contributed by atoms with Crippen molar-refractivity contribution >= 4 is 21.8 Å². The average Bonchev–Trinajstić information content (AvgIpc) is 2.80. The molecule has 0 unspecified atom stereocenters. The van der Waals surface area contributed by atoms with Gasteiger partial charge in [-0.05, 0) is 24.3 Å². The van der Waals surface area contributed by atoms with Gasteiger partial charge in [0, 0.05) is 22.4 Å². The molecule has 5 heteroatoms. The Morgan fingerprint density at radius 3 is 2.75 bits per heavy atom. The maximum atomic E-state index is 11.7. The highest BCUT2D eigenvalue weighted by atomic mass is 79.9. The van der Waals surface area contributed by atoms with Gasteiger partial charge in [-0.2, -0.15) is 0 Å². The van der Waals surface area contributed by atoms with Gasteiger partial charge in [0.1, 0.15) is 5.82 Å². The SMILES string of the molecule is O=C(NCc1ncc[nH]1)c1ccc(Br)cc1. The molecule has 0 aliphatic carbocycles. The van der Waals surface area contributed by atoms with E-state index in [0.717, 1.165) is 10.3 Å². The highest BCUT2D eigenvalue weighted by Crippen LogP contribution is 2.10. The molecule has 0 fully saturated rings. The van der Waals surface area contributed by atoms with Crippen LogP contribution in [-0.4, -0.2) is 15.9 Å². The van der Waals surface area contributed by atoms with Crippen LogP contribution in [0.2, 0.25) is 0 Å². The van der Waals surface area contributed by atoms with Gasteiger partial charge in [0.15, 0.2) is 0 Å². The third-order valence-corrected chi connectivity index (χ3v) is 2.61. The lowest BCUT2D eigenvalue weighted by Gasteiger charge is -2.03. The summed E-state index contributed by atoms with van der Waals surface area (Å²) in [6, 6.07) is 7.20. The zero-order chi connectivity index (χ0) is 11.4. The zero-order valence-electron chi connectivity index (χ0n) is 8.40. The standard InChI is InChI=1S/C11H10BrN3O/c12-9-3-1-8(2-4-9)11(16)15-7-10-13-5-6-14-10/h1-6H,7H2,(H,13,14)(H,15,16). The lowest BCUT2D eigenvalue weighted by Crippen LogP contribution is -2.23. The number of amides is 1. The average molecular weight is 280 g/mol. The summed E-state index contributed by atoms with van der Waals surface area (Å²) in [6.45, 7) is 0.405. The first-order valence-corrected chi connectivity index (χ1v) is 5.57. The molecule has 16 heavy (non-hydrogen) atoms. The van der Waals surface area contributed by atoms with E-state index in [1.165, 1.54) is 0 Å². The molecule has 0 saturated heterocycles. The van der Waals surface area contributed by atoms with Gasteiger partial charge in [-0.25, -0.2) is 4.98 Å². The lowest BCUT2D eigenvalue weighted by atomic mass is 10.2. The highest BCUT2D eigenvalue weighted by Gasteiger charge is 2.04. The van der Waals surface area contributed by atoms with E-state index in [-0.39, 0.29) is 5.91 Å². The summed E-state index contributed by atoms with van der Waals surface area (Å²) in [6.07, 6.45) is 3.38. The van der Waals surface area contributed by atoms with Gasteiger partial charge in [0.2, 0.25) is 0 Å². The number of benzene rings is 1. The molecule has 2 aromatic rings. The summed E-state index contributed by atoms with van der Waals surface area (Å²) >= 11 is 3.32. The van der Waals surface area contributed by atoms with Crippen molar-refractivity contribution in [2.45, 2.75) is 6.54 Å². The number of nitrogens with zero attached hydrogens (tertiary/aromatic N) is 1. The molecule has 2 N–H and O–H groups in total. The second-order valence-electron chi connectivity index (χ2n) is 3.23. The monoisotopic (exact) mass is 279 g/mol. The van der Waals surface area contributed by atoms with Gasteiger partial charge in [-0.15, -0.1) is 0 Å². The largest absolute Gasteiger partial charge is 0.347 e. The molecule has 4 nitrogen and oxygen atoms in total.